The molecule has 0 bridgehead atoms. The van der Waals surface area contributed by atoms with Crippen LogP contribution in [0.3, 0.4) is 0 Å². The van der Waals surface area contributed by atoms with E-state index in [1.807, 2.05) is 0 Å². The second-order valence-corrected chi connectivity index (χ2v) is 6.97. The van der Waals surface area contributed by atoms with Crippen molar-refractivity contribution in [3.05, 3.63) is 45.1 Å². The van der Waals surface area contributed by atoms with Gasteiger partial charge in [0.05, 0.1) is 12.1 Å². The van der Waals surface area contributed by atoms with Gasteiger partial charge in [0.25, 0.3) is 0 Å². The van der Waals surface area contributed by atoms with Gasteiger partial charge in [-0.2, -0.15) is 0 Å². The number of nitrogens with one attached hydrogen (secondary N) is 1. The van der Waals surface area contributed by atoms with Crippen LogP contribution in [0.15, 0.2) is 28.6 Å². The largest absolute Gasteiger partial charge is 0.478 e. The number of aromatic carboxylic acids is 1. The summed E-state index contributed by atoms with van der Waals surface area (Å²) in [6.07, 6.45) is 1.50. The van der Waals surface area contributed by atoms with Crippen LogP contribution in [0.25, 0.3) is 0 Å². The van der Waals surface area contributed by atoms with E-state index in [1.54, 1.807) is 5.38 Å². The lowest BCUT2D eigenvalue weighted by molar-refractivity contribution is 0.0691. The summed E-state index contributed by atoms with van der Waals surface area (Å²) < 4.78 is 40.2. The Kier molecular flexibility index (Phi) is 4.57. The van der Waals surface area contributed by atoms with Gasteiger partial charge in [-0.15, -0.1) is 11.3 Å². The number of thiazole rings is 1. The third-order valence-electron chi connectivity index (χ3n) is 2.42. The number of hydrogen-bond acceptors (Lipinski definition) is 5. The molecule has 0 atom stereocenters. The number of halogens is 2. The highest BCUT2D eigenvalue weighted by Gasteiger charge is 2.25. The van der Waals surface area contributed by atoms with Crippen molar-refractivity contribution in [2.75, 3.05) is 0 Å². The van der Waals surface area contributed by atoms with Crippen molar-refractivity contribution in [1.29, 1.82) is 0 Å². The van der Waals surface area contributed by atoms with Crippen LogP contribution in [-0.4, -0.2) is 24.5 Å². The lowest BCUT2D eigenvalue weighted by Gasteiger charge is -2.09. The quantitative estimate of drug-likeness (QED) is 0.861. The number of hydrogen-bond donors (Lipinski definition) is 2. The van der Waals surface area contributed by atoms with Crippen LogP contribution >= 0.6 is 22.9 Å². The molecule has 0 amide bonds. The Morgan fingerprint density at radius 3 is 2.76 bits per heavy atom. The lowest BCUT2D eigenvalue weighted by Crippen LogP contribution is -2.25. The van der Waals surface area contributed by atoms with Gasteiger partial charge in [-0.05, 0) is 12.1 Å². The van der Waals surface area contributed by atoms with Crippen LogP contribution in [0.5, 0.6) is 0 Å². The van der Waals surface area contributed by atoms with Crippen LogP contribution in [0, 0.1) is 5.82 Å². The lowest BCUT2D eigenvalue weighted by atomic mass is 10.2. The van der Waals surface area contributed by atoms with Crippen molar-refractivity contribution in [2.24, 2.45) is 0 Å². The Labute approximate surface area is 128 Å². The van der Waals surface area contributed by atoms with E-state index >= 15 is 0 Å². The third-order valence-corrected chi connectivity index (χ3v) is 4.82. The van der Waals surface area contributed by atoms with Gasteiger partial charge in [-0.3, -0.25) is 0 Å². The number of carboxylic acid groups (broad SMARTS) is 1. The standard InChI is InChI=1S/C11H8ClFN2O4S2/c12-6-3-7(11(16)17)10(13)8(4-6)21(18,19)15-5-9-14-1-2-20-9/h1-4,15H,5H2,(H,16,17). The topological polar surface area (TPSA) is 96.4 Å². The summed E-state index contributed by atoms with van der Waals surface area (Å²) in [5.41, 5.74) is -0.808. The average molecular weight is 351 g/mol. The van der Waals surface area contributed by atoms with Crippen LogP contribution < -0.4 is 4.72 Å². The first-order valence-electron chi connectivity index (χ1n) is 5.41. The number of aromatic nitrogens is 1. The summed E-state index contributed by atoms with van der Waals surface area (Å²) in [7, 11) is -4.25. The molecule has 2 rings (SSSR count). The van der Waals surface area contributed by atoms with Crippen molar-refractivity contribution in [3.63, 3.8) is 0 Å². The Morgan fingerprint density at radius 1 is 1.48 bits per heavy atom. The van der Waals surface area contributed by atoms with E-state index in [9.17, 15) is 17.6 Å². The maximum Gasteiger partial charge on any atom is 0.338 e. The maximum absolute atomic E-state index is 14.0. The first kappa shape index (κ1) is 15.8. The van der Waals surface area contributed by atoms with E-state index in [0.29, 0.717) is 5.01 Å². The molecule has 1 aromatic heterocycles. The first-order chi connectivity index (χ1) is 9.81. The molecule has 0 aliphatic heterocycles. The van der Waals surface area contributed by atoms with Gasteiger partial charge in [0.15, 0.2) is 5.82 Å². The van der Waals surface area contributed by atoms with Crippen LogP contribution in [0.2, 0.25) is 5.02 Å². The third kappa shape index (κ3) is 3.56. The predicted molar refractivity (Wildman–Crippen MR) is 74.5 cm³/mol. The highest BCUT2D eigenvalue weighted by Crippen LogP contribution is 2.24. The molecule has 0 saturated carbocycles. The summed E-state index contributed by atoms with van der Waals surface area (Å²) in [4.78, 5) is 13.9. The van der Waals surface area contributed by atoms with Gasteiger partial charge >= 0.3 is 5.97 Å². The summed E-state index contributed by atoms with van der Waals surface area (Å²) in [6, 6.07) is 1.70. The van der Waals surface area contributed by atoms with Crippen molar-refractivity contribution < 1.29 is 22.7 Å². The van der Waals surface area contributed by atoms with E-state index in [-0.39, 0.29) is 11.6 Å². The SMILES string of the molecule is O=C(O)c1cc(Cl)cc(S(=O)(=O)NCc2nccs2)c1F. The smallest absolute Gasteiger partial charge is 0.338 e. The molecule has 21 heavy (non-hydrogen) atoms. The van der Waals surface area contributed by atoms with Crippen molar-refractivity contribution in [1.82, 2.24) is 9.71 Å². The summed E-state index contributed by atoms with van der Waals surface area (Å²) in [5, 5.41) is 10.8. The normalized spacial score (nSPS) is 11.5. The molecule has 0 spiro atoms. The molecule has 1 aromatic carbocycles. The van der Waals surface area contributed by atoms with Crippen molar-refractivity contribution in [2.45, 2.75) is 11.4 Å². The number of carbonyl (C=O) groups is 1. The monoisotopic (exact) mass is 350 g/mol. The molecule has 6 nitrogen and oxygen atoms in total. The molecular formula is C11H8ClFN2O4S2. The zero-order chi connectivity index (χ0) is 15.6. The molecule has 0 radical (unpaired) electrons. The van der Waals surface area contributed by atoms with Gasteiger partial charge in [-0.25, -0.2) is 27.3 Å². The Balaban J connectivity index is 2.37. The summed E-state index contributed by atoms with van der Waals surface area (Å²) in [6.45, 7) is -0.131. The van der Waals surface area contributed by atoms with Crippen molar-refractivity contribution in [3.8, 4) is 0 Å². The number of nitrogens with zero attached hydrogens (tertiary/aromatic N) is 1. The minimum Gasteiger partial charge on any atom is -0.478 e. The fourth-order valence-electron chi connectivity index (χ4n) is 1.49. The van der Waals surface area contributed by atoms with Crippen LogP contribution in [0.1, 0.15) is 15.4 Å². The van der Waals surface area contributed by atoms with Crippen LogP contribution in [-0.2, 0) is 16.6 Å². The summed E-state index contributed by atoms with van der Waals surface area (Å²) >= 11 is 6.86. The Morgan fingerprint density at radius 2 is 2.19 bits per heavy atom. The highest BCUT2D eigenvalue weighted by atomic mass is 35.5. The van der Waals surface area contributed by atoms with Gasteiger partial charge in [0.1, 0.15) is 9.90 Å². The number of rotatable bonds is 5. The predicted octanol–water partition coefficient (Wildman–Crippen LogP) is 2.11. The fourth-order valence-corrected chi connectivity index (χ4v) is 3.53. The Hall–Kier alpha value is -1.55. The molecule has 0 aliphatic carbocycles. The molecule has 0 aliphatic rings. The molecule has 0 saturated heterocycles. The van der Waals surface area contributed by atoms with E-state index in [0.717, 1.165) is 12.1 Å². The first-order valence-corrected chi connectivity index (χ1v) is 8.15. The van der Waals surface area contributed by atoms with Crippen LogP contribution in [0.4, 0.5) is 4.39 Å². The van der Waals surface area contributed by atoms with Crippen molar-refractivity contribution >= 4 is 38.9 Å². The number of sulfonamides is 1. The fraction of sp³-hybridized carbons (Fsp3) is 0.0909. The summed E-state index contributed by atoms with van der Waals surface area (Å²) in [5.74, 6) is -2.97. The Bertz CT molecular complexity index is 778. The van der Waals surface area contributed by atoms with E-state index < -0.39 is 32.3 Å². The second-order valence-electron chi connectivity index (χ2n) is 3.82. The average Bonchev–Trinajstić information content (AvgIpc) is 2.91. The zero-order valence-electron chi connectivity index (χ0n) is 10.2. The highest BCUT2D eigenvalue weighted by molar-refractivity contribution is 7.89. The van der Waals surface area contributed by atoms with E-state index in [2.05, 4.69) is 9.71 Å². The molecular weight excluding hydrogens is 343 g/mol. The molecule has 0 fully saturated rings. The van der Waals surface area contributed by atoms with E-state index in [1.165, 1.54) is 17.5 Å². The second kappa shape index (κ2) is 6.06. The van der Waals surface area contributed by atoms with E-state index in [4.69, 9.17) is 16.7 Å². The van der Waals surface area contributed by atoms with Gasteiger partial charge in [-0.1, -0.05) is 11.6 Å². The van der Waals surface area contributed by atoms with Gasteiger partial charge in [0.2, 0.25) is 10.0 Å². The minimum absolute atomic E-state index is 0.131. The molecule has 2 aromatic rings. The molecule has 112 valence electrons. The maximum atomic E-state index is 14.0. The molecule has 0 unspecified atom stereocenters. The zero-order valence-corrected chi connectivity index (χ0v) is 12.6. The molecule has 10 heteroatoms. The molecule has 1 heterocycles. The molecule has 2 N–H and O–H groups in total. The van der Waals surface area contributed by atoms with Gasteiger partial charge in [0, 0.05) is 16.6 Å². The number of benzene rings is 1. The minimum atomic E-state index is -4.25. The van der Waals surface area contributed by atoms with Gasteiger partial charge < -0.3 is 5.11 Å². The number of carboxylic acids is 1.